The highest BCUT2D eigenvalue weighted by Crippen LogP contribution is 2.40. The highest BCUT2D eigenvalue weighted by atomic mass is 15.4. The van der Waals surface area contributed by atoms with Gasteiger partial charge in [0, 0.05) is 5.69 Å². The standard InChI is InChI=1S/C16H23N5/c1-11-7-6-8-13(12(11)2)21-15(18)19-14(17)20-16(21)9-4-3-5-10-16/h6-8H,3-5,9-10H2,1-2H3,(H4,17,18,19,20). The van der Waals surface area contributed by atoms with Crippen molar-refractivity contribution in [2.24, 2.45) is 21.5 Å². The van der Waals surface area contributed by atoms with Gasteiger partial charge in [-0.2, -0.15) is 4.99 Å². The maximum Gasteiger partial charge on any atom is 0.220 e. The van der Waals surface area contributed by atoms with Gasteiger partial charge in [-0.15, -0.1) is 0 Å². The van der Waals surface area contributed by atoms with Gasteiger partial charge in [-0.05, 0) is 56.7 Å². The van der Waals surface area contributed by atoms with Gasteiger partial charge in [0.15, 0.2) is 0 Å². The minimum atomic E-state index is -0.354. The van der Waals surface area contributed by atoms with E-state index in [4.69, 9.17) is 16.5 Å². The molecule has 0 bridgehead atoms. The molecule has 2 aliphatic rings. The van der Waals surface area contributed by atoms with Crippen molar-refractivity contribution < 1.29 is 0 Å². The van der Waals surface area contributed by atoms with E-state index in [1.54, 1.807) is 0 Å². The Morgan fingerprint density at radius 2 is 1.81 bits per heavy atom. The van der Waals surface area contributed by atoms with E-state index < -0.39 is 0 Å². The first-order valence-corrected chi connectivity index (χ1v) is 7.59. The Labute approximate surface area is 125 Å². The molecule has 0 saturated heterocycles. The maximum atomic E-state index is 6.24. The van der Waals surface area contributed by atoms with Gasteiger partial charge in [-0.25, -0.2) is 4.99 Å². The topological polar surface area (TPSA) is 80.0 Å². The van der Waals surface area contributed by atoms with Crippen LogP contribution in [-0.2, 0) is 0 Å². The first-order chi connectivity index (χ1) is 10.0. The van der Waals surface area contributed by atoms with Crippen molar-refractivity contribution in [3.8, 4) is 0 Å². The van der Waals surface area contributed by atoms with E-state index in [9.17, 15) is 0 Å². The van der Waals surface area contributed by atoms with Crippen LogP contribution in [0.25, 0.3) is 0 Å². The molecule has 0 amide bonds. The number of nitrogens with two attached hydrogens (primary N) is 2. The highest BCUT2D eigenvalue weighted by Gasteiger charge is 2.42. The van der Waals surface area contributed by atoms with E-state index in [2.05, 4.69) is 41.9 Å². The van der Waals surface area contributed by atoms with Crippen LogP contribution in [0.5, 0.6) is 0 Å². The van der Waals surface area contributed by atoms with Crippen LogP contribution in [-0.4, -0.2) is 17.6 Å². The number of guanidine groups is 2. The average molecular weight is 285 g/mol. The van der Waals surface area contributed by atoms with Gasteiger partial charge in [0.2, 0.25) is 11.9 Å². The molecule has 1 fully saturated rings. The van der Waals surface area contributed by atoms with Crippen LogP contribution < -0.4 is 16.4 Å². The summed E-state index contributed by atoms with van der Waals surface area (Å²) in [6.45, 7) is 4.23. The number of aryl methyl sites for hydroxylation is 1. The van der Waals surface area contributed by atoms with E-state index in [0.29, 0.717) is 11.9 Å². The molecule has 1 heterocycles. The van der Waals surface area contributed by atoms with E-state index in [-0.39, 0.29) is 5.66 Å². The summed E-state index contributed by atoms with van der Waals surface area (Å²) in [5.74, 6) is 0.758. The number of aliphatic imine (C=N–C) groups is 2. The number of nitrogens with zero attached hydrogens (tertiary/aromatic N) is 3. The molecule has 21 heavy (non-hydrogen) atoms. The second kappa shape index (κ2) is 5.06. The van der Waals surface area contributed by atoms with Crippen LogP contribution in [0.15, 0.2) is 28.2 Å². The maximum absolute atomic E-state index is 6.24. The second-order valence-corrected chi connectivity index (χ2v) is 6.04. The molecule has 4 N–H and O–H groups in total. The molecule has 3 rings (SSSR count). The smallest absolute Gasteiger partial charge is 0.220 e. The van der Waals surface area contributed by atoms with Gasteiger partial charge in [0.05, 0.1) is 0 Å². The number of anilines is 1. The largest absolute Gasteiger partial charge is 0.369 e. The summed E-state index contributed by atoms with van der Waals surface area (Å²) in [5, 5.41) is 0. The quantitative estimate of drug-likeness (QED) is 0.831. The third kappa shape index (κ3) is 2.26. The van der Waals surface area contributed by atoms with Gasteiger partial charge >= 0.3 is 0 Å². The van der Waals surface area contributed by atoms with Crippen LogP contribution in [0.2, 0.25) is 0 Å². The van der Waals surface area contributed by atoms with Gasteiger partial charge in [-0.1, -0.05) is 18.6 Å². The van der Waals surface area contributed by atoms with Crippen molar-refractivity contribution in [3.05, 3.63) is 29.3 Å². The molecule has 1 aliphatic heterocycles. The Kier molecular flexibility index (Phi) is 3.35. The second-order valence-electron chi connectivity index (χ2n) is 6.04. The lowest BCUT2D eigenvalue weighted by atomic mass is 9.86. The lowest BCUT2D eigenvalue weighted by Gasteiger charge is -2.46. The molecule has 0 unspecified atom stereocenters. The highest BCUT2D eigenvalue weighted by molar-refractivity contribution is 6.06. The molecule has 1 aliphatic carbocycles. The molecule has 0 atom stereocenters. The molecular formula is C16H23N5. The fourth-order valence-corrected chi connectivity index (χ4v) is 3.45. The molecule has 5 nitrogen and oxygen atoms in total. The minimum Gasteiger partial charge on any atom is -0.369 e. The Morgan fingerprint density at radius 3 is 2.52 bits per heavy atom. The molecule has 0 aromatic heterocycles. The minimum absolute atomic E-state index is 0.302. The number of hydrogen-bond acceptors (Lipinski definition) is 5. The van der Waals surface area contributed by atoms with Crippen molar-refractivity contribution in [3.63, 3.8) is 0 Å². The van der Waals surface area contributed by atoms with Crippen molar-refractivity contribution >= 4 is 17.6 Å². The van der Waals surface area contributed by atoms with Crippen LogP contribution >= 0.6 is 0 Å². The SMILES string of the molecule is Cc1cccc(N2C(N)=NC(N)=NC23CCCCC3)c1C. The van der Waals surface area contributed by atoms with Crippen molar-refractivity contribution in [1.82, 2.24) is 0 Å². The molecular weight excluding hydrogens is 262 g/mol. The van der Waals surface area contributed by atoms with Crippen molar-refractivity contribution in [2.45, 2.75) is 51.6 Å². The third-order valence-corrected chi connectivity index (χ3v) is 4.67. The zero-order valence-electron chi connectivity index (χ0n) is 12.8. The fourth-order valence-electron chi connectivity index (χ4n) is 3.45. The molecule has 1 aromatic rings. The number of benzene rings is 1. The van der Waals surface area contributed by atoms with Gasteiger partial charge < -0.3 is 11.5 Å². The van der Waals surface area contributed by atoms with Crippen molar-refractivity contribution in [1.29, 1.82) is 0 Å². The Morgan fingerprint density at radius 1 is 1.10 bits per heavy atom. The molecule has 112 valence electrons. The van der Waals surface area contributed by atoms with E-state index in [1.165, 1.54) is 17.5 Å². The summed E-state index contributed by atoms with van der Waals surface area (Å²) in [7, 11) is 0. The third-order valence-electron chi connectivity index (χ3n) is 4.67. The average Bonchev–Trinajstić information content (AvgIpc) is 2.43. The number of hydrogen-bond donors (Lipinski definition) is 2. The molecule has 1 saturated carbocycles. The molecule has 5 heteroatoms. The van der Waals surface area contributed by atoms with Crippen LogP contribution in [0, 0.1) is 13.8 Å². The summed E-state index contributed by atoms with van der Waals surface area (Å²) in [4.78, 5) is 11.0. The number of rotatable bonds is 1. The molecule has 1 aromatic carbocycles. The van der Waals surface area contributed by atoms with E-state index >= 15 is 0 Å². The Balaban J connectivity index is 2.13. The van der Waals surface area contributed by atoms with Gasteiger partial charge in [0.1, 0.15) is 5.66 Å². The zero-order chi connectivity index (χ0) is 15.0. The predicted octanol–water partition coefficient (Wildman–Crippen LogP) is 2.41. The summed E-state index contributed by atoms with van der Waals surface area (Å²) in [5.41, 5.74) is 15.3. The van der Waals surface area contributed by atoms with Crippen LogP contribution in [0.1, 0.15) is 43.2 Å². The lowest BCUT2D eigenvalue weighted by Crippen LogP contribution is -2.58. The summed E-state index contributed by atoms with van der Waals surface area (Å²) >= 11 is 0. The normalized spacial score (nSPS) is 21.1. The lowest BCUT2D eigenvalue weighted by molar-refractivity contribution is 0.305. The monoisotopic (exact) mass is 285 g/mol. The molecule has 0 radical (unpaired) electrons. The van der Waals surface area contributed by atoms with Crippen LogP contribution in [0.4, 0.5) is 5.69 Å². The van der Waals surface area contributed by atoms with E-state index in [1.807, 2.05) is 0 Å². The summed E-state index contributed by atoms with van der Waals surface area (Å²) < 4.78 is 0. The Hall–Kier alpha value is -2.04. The Bertz CT molecular complexity index is 611. The van der Waals surface area contributed by atoms with Crippen LogP contribution in [0.3, 0.4) is 0 Å². The zero-order valence-corrected chi connectivity index (χ0v) is 12.8. The first kappa shape index (κ1) is 13.9. The van der Waals surface area contributed by atoms with Gasteiger partial charge in [-0.3, -0.25) is 4.90 Å². The molecule has 1 spiro atoms. The fraction of sp³-hybridized carbons (Fsp3) is 0.500. The van der Waals surface area contributed by atoms with Crippen molar-refractivity contribution in [2.75, 3.05) is 4.90 Å². The van der Waals surface area contributed by atoms with E-state index in [0.717, 1.165) is 31.4 Å². The first-order valence-electron chi connectivity index (χ1n) is 7.59. The summed E-state index contributed by atoms with van der Waals surface area (Å²) in [6, 6.07) is 6.27. The van der Waals surface area contributed by atoms with Gasteiger partial charge in [0.25, 0.3) is 0 Å². The summed E-state index contributed by atoms with van der Waals surface area (Å²) in [6.07, 6.45) is 5.47. The predicted molar refractivity (Wildman–Crippen MR) is 87.5 cm³/mol.